The van der Waals surface area contributed by atoms with Crippen LogP contribution in [-0.2, 0) is 17.8 Å². The number of ether oxygens (including phenoxy) is 3. The van der Waals surface area contributed by atoms with Gasteiger partial charge in [0, 0.05) is 41.0 Å². The van der Waals surface area contributed by atoms with E-state index in [1.165, 1.54) is 10.4 Å². The molecule has 4 aromatic rings. The molecule has 33 heavy (non-hydrogen) atoms. The van der Waals surface area contributed by atoms with Gasteiger partial charge in [0.1, 0.15) is 16.5 Å². The van der Waals surface area contributed by atoms with Crippen molar-refractivity contribution in [3.05, 3.63) is 52.5 Å². The van der Waals surface area contributed by atoms with Crippen molar-refractivity contribution in [1.82, 2.24) is 14.9 Å². The number of methoxy groups -OCH3 is 2. The second-order valence-corrected chi connectivity index (χ2v) is 9.50. The lowest BCUT2D eigenvalue weighted by molar-refractivity contribution is 0.0331. The second kappa shape index (κ2) is 10.0. The number of hydrogen-bond acceptors (Lipinski definition) is 9. The Bertz CT molecular complexity index is 1220. The molecule has 1 N–H and O–H groups in total. The highest BCUT2D eigenvalue weighted by Gasteiger charge is 2.19. The van der Waals surface area contributed by atoms with Crippen molar-refractivity contribution in [1.29, 1.82) is 0 Å². The fourth-order valence-electron chi connectivity index (χ4n) is 4.03. The van der Waals surface area contributed by atoms with Gasteiger partial charge in [-0.25, -0.2) is 9.97 Å². The van der Waals surface area contributed by atoms with Crippen molar-refractivity contribution in [2.45, 2.75) is 13.1 Å². The minimum Gasteiger partial charge on any atom is -0.493 e. The molecule has 1 aliphatic rings. The van der Waals surface area contributed by atoms with Crippen molar-refractivity contribution in [3.8, 4) is 21.9 Å². The number of nitrogens with zero attached hydrogens (tertiary/aromatic N) is 3. The number of para-hydroxylation sites is 1. The normalized spacial score (nSPS) is 14.5. The van der Waals surface area contributed by atoms with Gasteiger partial charge < -0.3 is 19.5 Å². The van der Waals surface area contributed by atoms with Gasteiger partial charge in [-0.2, -0.15) is 0 Å². The fraction of sp³-hybridized carbons (Fsp3) is 0.333. The SMILES string of the molecule is COc1cccc(CNc2nc(CN3CCOCC3)nc3scc(-c4cccs4)c23)c1OC. The van der Waals surface area contributed by atoms with Crippen LogP contribution in [0.1, 0.15) is 11.4 Å². The quantitative estimate of drug-likeness (QED) is 0.384. The molecule has 0 atom stereocenters. The number of anilines is 1. The van der Waals surface area contributed by atoms with E-state index in [2.05, 4.69) is 33.1 Å². The topological polar surface area (TPSA) is 68.7 Å². The molecular formula is C24H26N4O3S2. The van der Waals surface area contributed by atoms with E-state index in [0.717, 1.165) is 59.5 Å². The molecule has 1 aromatic carbocycles. The zero-order chi connectivity index (χ0) is 22.6. The summed E-state index contributed by atoms with van der Waals surface area (Å²) < 4.78 is 16.6. The molecule has 1 fully saturated rings. The Kier molecular flexibility index (Phi) is 6.73. The third-order valence-corrected chi connectivity index (χ3v) is 7.44. The fourth-order valence-corrected chi connectivity index (χ4v) is 5.81. The van der Waals surface area contributed by atoms with Gasteiger partial charge in [0.25, 0.3) is 0 Å². The van der Waals surface area contributed by atoms with Crippen molar-refractivity contribution >= 4 is 38.7 Å². The van der Waals surface area contributed by atoms with Crippen LogP contribution in [0.2, 0.25) is 0 Å². The highest BCUT2D eigenvalue weighted by Crippen LogP contribution is 2.39. The molecule has 0 bridgehead atoms. The molecule has 0 spiro atoms. The van der Waals surface area contributed by atoms with Crippen molar-refractivity contribution in [3.63, 3.8) is 0 Å². The molecule has 5 rings (SSSR count). The summed E-state index contributed by atoms with van der Waals surface area (Å²) in [6.45, 7) is 4.58. The maximum absolute atomic E-state index is 5.62. The molecule has 172 valence electrons. The molecule has 1 saturated heterocycles. The first-order valence-electron chi connectivity index (χ1n) is 10.8. The largest absolute Gasteiger partial charge is 0.493 e. The molecule has 0 amide bonds. The smallest absolute Gasteiger partial charge is 0.165 e. The minimum absolute atomic E-state index is 0.559. The monoisotopic (exact) mass is 482 g/mol. The van der Waals surface area contributed by atoms with E-state index in [9.17, 15) is 0 Å². The maximum atomic E-state index is 5.62. The highest BCUT2D eigenvalue weighted by molar-refractivity contribution is 7.18. The zero-order valence-electron chi connectivity index (χ0n) is 18.7. The van der Waals surface area contributed by atoms with Crippen LogP contribution in [0.3, 0.4) is 0 Å². The number of morpholine rings is 1. The van der Waals surface area contributed by atoms with Gasteiger partial charge in [0.2, 0.25) is 0 Å². The number of fused-ring (bicyclic) bond motifs is 1. The number of hydrogen-bond donors (Lipinski definition) is 1. The van der Waals surface area contributed by atoms with Crippen LogP contribution in [-0.4, -0.2) is 55.4 Å². The molecule has 3 aromatic heterocycles. The van der Waals surface area contributed by atoms with Crippen LogP contribution < -0.4 is 14.8 Å². The Labute approximate surface area is 201 Å². The van der Waals surface area contributed by atoms with E-state index in [1.807, 2.05) is 18.2 Å². The van der Waals surface area contributed by atoms with Gasteiger partial charge >= 0.3 is 0 Å². The summed E-state index contributed by atoms with van der Waals surface area (Å²) in [6, 6.07) is 10.1. The number of thiophene rings is 2. The standard InChI is InChI=1S/C24H26N4O3S2/c1-29-18-6-3-5-16(22(18)30-2)13-25-23-21-17(19-7-4-12-32-19)15-33-24(21)27-20(26-23)14-28-8-10-31-11-9-28/h3-7,12,15H,8-11,13-14H2,1-2H3,(H,25,26,27). The lowest BCUT2D eigenvalue weighted by Crippen LogP contribution is -2.36. The predicted octanol–water partition coefficient (Wildman–Crippen LogP) is 4.88. The molecule has 0 saturated carbocycles. The van der Waals surface area contributed by atoms with E-state index in [1.54, 1.807) is 36.9 Å². The number of rotatable bonds is 8. The zero-order valence-corrected chi connectivity index (χ0v) is 20.3. The third-order valence-electron chi connectivity index (χ3n) is 5.67. The van der Waals surface area contributed by atoms with Gasteiger partial charge in [-0.05, 0) is 17.5 Å². The van der Waals surface area contributed by atoms with E-state index >= 15 is 0 Å². The van der Waals surface area contributed by atoms with Gasteiger partial charge in [-0.15, -0.1) is 22.7 Å². The van der Waals surface area contributed by atoms with Crippen LogP contribution >= 0.6 is 22.7 Å². The predicted molar refractivity (Wildman–Crippen MR) is 134 cm³/mol. The molecule has 9 heteroatoms. The minimum atomic E-state index is 0.559. The number of aromatic nitrogens is 2. The maximum Gasteiger partial charge on any atom is 0.165 e. The van der Waals surface area contributed by atoms with Crippen molar-refractivity contribution in [2.75, 3.05) is 45.8 Å². The highest BCUT2D eigenvalue weighted by atomic mass is 32.1. The Hall–Kier alpha value is -2.72. The number of nitrogens with one attached hydrogen (secondary N) is 1. The summed E-state index contributed by atoms with van der Waals surface area (Å²) in [7, 11) is 3.32. The molecule has 4 heterocycles. The van der Waals surface area contributed by atoms with E-state index in [0.29, 0.717) is 18.8 Å². The van der Waals surface area contributed by atoms with E-state index in [4.69, 9.17) is 24.2 Å². The molecule has 1 aliphatic heterocycles. The first-order valence-corrected chi connectivity index (χ1v) is 12.6. The summed E-state index contributed by atoms with van der Waals surface area (Å²) in [6.07, 6.45) is 0. The third kappa shape index (κ3) is 4.67. The average molecular weight is 483 g/mol. The Morgan fingerprint density at radius 2 is 1.94 bits per heavy atom. The molecule has 7 nitrogen and oxygen atoms in total. The summed E-state index contributed by atoms with van der Waals surface area (Å²) >= 11 is 3.39. The molecule has 0 unspecified atom stereocenters. The molecule has 0 aliphatic carbocycles. The lowest BCUT2D eigenvalue weighted by atomic mass is 10.1. The van der Waals surface area contributed by atoms with E-state index < -0.39 is 0 Å². The Morgan fingerprint density at radius 3 is 2.70 bits per heavy atom. The summed E-state index contributed by atoms with van der Waals surface area (Å²) in [4.78, 5) is 14.5. The van der Waals surface area contributed by atoms with Crippen molar-refractivity contribution in [2.24, 2.45) is 0 Å². The molecular weight excluding hydrogens is 456 g/mol. The first-order chi connectivity index (χ1) is 16.3. The van der Waals surface area contributed by atoms with Crippen LogP contribution in [0.5, 0.6) is 11.5 Å². The van der Waals surface area contributed by atoms with E-state index in [-0.39, 0.29) is 0 Å². The molecule has 0 radical (unpaired) electrons. The average Bonchev–Trinajstić information content (AvgIpc) is 3.53. The van der Waals surface area contributed by atoms with Gasteiger partial charge in [-0.3, -0.25) is 4.90 Å². The summed E-state index contributed by atoms with van der Waals surface area (Å²) in [5.41, 5.74) is 2.18. The van der Waals surface area contributed by atoms with Crippen LogP contribution in [0.4, 0.5) is 5.82 Å². The van der Waals surface area contributed by atoms with Crippen LogP contribution in [0.15, 0.2) is 41.1 Å². The summed E-state index contributed by atoms with van der Waals surface area (Å²) in [5, 5.41) is 8.92. The van der Waals surface area contributed by atoms with Crippen LogP contribution in [0.25, 0.3) is 20.7 Å². The first kappa shape index (κ1) is 22.1. The van der Waals surface area contributed by atoms with Crippen LogP contribution in [0, 0.1) is 0 Å². The summed E-state index contributed by atoms with van der Waals surface area (Å²) in [5.74, 6) is 3.12. The van der Waals surface area contributed by atoms with Gasteiger partial charge in [0.05, 0.1) is 39.4 Å². The Morgan fingerprint density at radius 1 is 1.06 bits per heavy atom. The number of benzene rings is 1. The Balaban J connectivity index is 1.51. The lowest BCUT2D eigenvalue weighted by Gasteiger charge is -2.25. The second-order valence-electron chi connectivity index (χ2n) is 7.69. The van der Waals surface area contributed by atoms with Crippen molar-refractivity contribution < 1.29 is 14.2 Å². The van der Waals surface area contributed by atoms with Gasteiger partial charge in [0.15, 0.2) is 11.5 Å². The van der Waals surface area contributed by atoms with Gasteiger partial charge in [-0.1, -0.05) is 18.2 Å².